The van der Waals surface area contributed by atoms with Crippen LogP contribution in [0.15, 0.2) is 35.5 Å². The number of nitrogens with one attached hydrogen (secondary N) is 2. The molecule has 2 aromatic rings. The van der Waals surface area contributed by atoms with Crippen molar-refractivity contribution in [2.24, 2.45) is 5.84 Å². The Kier molecular flexibility index (Phi) is 4.02. The van der Waals surface area contributed by atoms with E-state index in [9.17, 15) is 12.8 Å². The van der Waals surface area contributed by atoms with Crippen molar-refractivity contribution in [3.05, 3.63) is 41.4 Å². The van der Waals surface area contributed by atoms with Crippen LogP contribution in [0.1, 0.15) is 0 Å². The largest absolute Gasteiger partial charge is 0.292 e. The molecule has 0 radical (unpaired) electrons. The van der Waals surface area contributed by atoms with E-state index in [1.165, 1.54) is 6.07 Å². The average Bonchev–Trinajstić information content (AvgIpc) is 2.43. The maximum atomic E-state index is 13.1. The second kappa shape index (κ2) is 5.57. The van der Waals surface area contributed by atoms with Crippen LogP contribution in [0.4, 0.5) is 16.0 Å². The minimum atomic E-state index is -3.97. The summed E-state index contributed by atoms with van der Waals surface area (Å²) in [6, 6.07) is 3.33. The molecule has 2 rings (SSSR count). The van der Waals surface area contributed by atoms with Crippen LogP contribution in [-0.2, 0) is 10.0 Å². The molecule has 4 N–H and O–H groups in total. The maximum absolute atomic E-state index is 13.1. The van der Waals surface area contributed by atoms with Gasteiger partial charge in [0.05, 0.1) is 23.1 Å². The quantitative estimate of drug-likeness (QED) is 0.580. The predicted octanol–water partition coefficient (Wildman–Crippen LogP) is 1.36. The fraction of sp³-hybridized carbons (Fsp3) is 0. The third kappa shape index (κ3) is 3.13. The Bertz CT molecular complexity index is 723. The molecule has 10 heteroatoms. The van der Waals surface area contributed by atoms with Gasteiger partial charge in [-0.25, -0.2) is 28.6 Å². The normalized spacial score (nSPS) is 11.2. The van der Waals surface area contributed by atoms with Gasteiger partial charge in [0, 0.05) is 0 Å². The van der Waals surface area contributed by atoms with Gasteiger partial charge in [0.1, 0.15) is 10.7 Å². The molecule has 0 saturated carbocycles. The Morgan fingerprint density at radius 1 is 1.25 bits per heavy atom. The van der Waals surface area contributed by atoms with E-state index < -0.39 is 15.8 Å². The second-order valence-electron chi connectivity index (χ2n) is 3.62. The number of nitrogens with zero attached hydrogens (tertiary/aromatic N) is 2. The fourth-order valence-corrected chi connectivity index (χ4v) is 2.49. The average molecular weight is 318 g/mol. The van der Waals surface area contributed by atoms with Crippen LogP contribution >= 0.6 is 11.6 Å². The highest BCUT2D eigenvalue weighted by Gasteiger charge is 2.17. The lowest BCUT2D eigenvalue weighted by Crippen LogP contribution is -2.15. The van der Waals surface area contributed by atoms with E-state index in [0.29, 0.717) is 0 Å². The maximum Gasteiger partial charge on any atom is 0.265 e. The first-order chi connectivity index (χ1) is 9.42. The van der Waals surface area contributed by atoms with Gasteiger partial charge in [-0.3, -0.25) is 10.1 Å². The van der Waals surface area contributed by atoms with Crippen LogP contribution in [0.2, 0.25) is 5.02 Å². The molecule has 20 heavy (non-hydrogen) atoms. The van der Waals surface area contributed by atoms with Crippen molar-refractivity contribution in [3.8, 4) is 0 Å². The molecule has 0 aliphatic rings. The van der Waals surface area contributed by atoms with E-state index in [1.54, 1.807) is 0 Å². The Morgan fingerprint density at radius 2 is 1.90 bits per heavy atom. The van der Waals surface area contributed by atoms with E-state index in [-0.39, 0.29) is 21.6 Å². The van der Waals surface area contributed by atoms with Gasteiger partial charge in [-0.1, -0.05) is 11.6 Å². The molecule has 0 aliphatic heterocycles. The number of hydrazine groups is 1. The Morgan fingerprint density at radius 3 is 2.50 bits per heavy atom. The molecule has 0 unspecified atom stereocenters. The number of hydrogen-bond donors (Lipinski definition) is 3. The number of halogens is 2. The SMILES string of the molecule is NNc1ncc(S(=O)(=O)Nc2cc(F)ccc2Cl)cn1. The first kappa shape index (κ1) is 14.4. The number of anilines is 2. The van der Waals surface area contributed by atoms with Crippen LogP contribution in [0.5, 0.6) is 0 Å². The number of sulfonamides is 1. The molecule has 1 aromatic heterocycles. The van der Waals surface area contributed by atoms with Gasteiger partial charge in [0.25, 0.3) is 10.0 Å². The molecule has 0 amide bonds. The number of nitrogens with two attached hydrogens (primary N) is 1. The lowest BCUT2D eigenvalue weighted by atomic mass is 10.3. The molecule has 0 aliphatic carbocycles. The van der Waals surface area contributed by atoms with Crippen LogP contribution in [0, 0.1) is 5.82 Å². The molecular weight excluding hydrogens is 309 g/mol. The van der Waals surface area contributed by atoms with Gasteiger partial charge in [-0.2, -0.15) is 0 Å². The summed E-state index contributed by atoms with van der Waals surface area (Å²) in [6.07, 6.45) is 2.11. The minimum absolute atomic E-state index is 0.0627. The summed E-state index contributed by atoms with van der Waals surface area (Å²) in [6.45, 7) is 0. The van der Waals surface area contributed by atoms with Gasteiger partial charge < -0.3 is 0 Å². The molecule has 7 nitrogen and oxygen atoms in total. The zero-order valence-electron chi connectivity index (χ0n) is 9.84. The lowest BCUT2D eigenvalue weighted by molar-refractivity contribution is 0.600. The Balaban J connectivity index is 2.32. The van der Waals surface area contributed by atoms with Crippen LogP contribution in [0.3, 0.4) is 0 Å². The number of hydrogen-bond acceptors (Lipinski definition) is 6. The summed E-state index contributed by atoms with van der Waals surface area (Å²) >= 11 is 5.79. The van der Waals surface area contributed by atoms with Crippen LogP contribution in [-0.4, -0.2) is 18.4 Å². The van der Waals surface area contributed by atoms with Crippen molar-refractivity contribution in [2.75, 3.05) is 10.1 Å². The van der Waals surface area contributed by atoms with Gasteiger partial charge in [-0.15, -0.1) is 0 Å². The van der Waals surface area contributed by atoms with E-state index in [0.717, 1.165) is 24.5 Å². The molecule has 0 fully saturated rings. The van der Waals surface area contributed by atoms with Gasteiger partial charge in [0.2, 0.25) is 5.95 Å². The van der Waals surface area contributed by atoms with E-state index in [2.05, 4.69) is 20.1 Å². The molecule has 106 valence electrons. The molecule has 1 heterocycles. The molecule has 0 atom stereocenters. The minimum Gasteiger partial charge on any atom is -0.292 e. The number of rotatable bonds is 4. The standard InChI is InChI=1S/C10H9ClFN5O2S/c11-8-2-1-6(12)3-9(8)17-20(18,19)7-4-14-10(16-13)15-5-7/h1-5,17H,13H2,(H,14,15,16). The smallest absolute Gasteiger partial charge is 0.265 e. The van der Waals surface area contributed by atoms with Crippen molar-refractivity contribution in [1.82, 2.24) is 9.97 Å². The molecular formula is C10H9ClFN5O2S. The third-order valence-electron chi connectivity index (χ3n) is 2.24. The molecule has 0 spiro atoms. The van der Waals surface area contributed by atoms with E-state index in [4.69, 9.17) is 17.4 Å². The summed E-state index contributed by atoms with van der Waals surface area (Å²) in [5, 5.41) is 0.0659. The van der Waals surface area contributed by atoms with E-state index in [1.807, 2.05) is 0 Å². The fourth-order valence-electron chi connectivity index (χ4n) is 1.31. The number of nitrogen functional groups attached to an aromatic ring is 1. The summed E-state index contributed by atoms with van der Waals surface area (Å²) < 4.78 is 39.3. The summed E-state index contributed by atoms with van der Waals surface area (Å²) in [4.78, 5) is 7.13. The summed E-state index contributed by atoms with van der Waals surface area (Å²) in [7, 11) is -3.97. The van der Waals surface area contributed by atoms with Crippen molar-refractivity contribution < 1.29 is 12.8 Å². The second-order valence-corrected chi connectivity index (χ2v) is 5.71. The summed E-state index contributed by atoms with van der Waals surface area (Å²) in [5.74, 6) is 4.51. The van der Waals surface area contributed by atoms with Gasteiger partial charge >= 0.3 is 0 Å². The topological polar surface area (TPSA) is 110 Å². The van der Waals surface area contributed by atoms with Crippen LogP contribution < -0.4 is 16.0 Å². The first-order valence-corrected chi connectivity index (χ1v) is 7.05. The third-order valence-corrected chi connectivity index (χ3v) is 3.89. The van der Waals surface area contributed by atoms with Crippen molar-refractivity contribution >= 4 is 33.3 Å². The zero-order chi connectivity index (χ0) is 14.8. The highest BCUT2D eigenvalue weighted by Crippen LogP contribution is 2.25. The molecule has 0 bridgehead atoms. The molecule has 1 aromatic carbocycles. The number of benzene rings is 1. The predicted molar refractivity (Wildman–Crippen MR) is 72.1 cm³/mol. The lowest BCUT2D eigenvalue weighted by Gasteiger charge is -2.09. The zero-order valence-corrected chi connectivity index (χ0v) is 11.4. The van der Waals surface area contributed by atoms with Crippen LogP contribution in [0.25, 0.3) is 0 Å². The summed E-state index contributed by atoms with van der Waals surface area (Å²) in [5.41, 5.74) is 2.09. The van der Waals surface area contributed by atoms with Crippen molar-refractivity contribution in [3.63, 3.8) is 0 Å². The van der Waals surface area contributed by atoms with Crippen molar-refractivity contribution in [1.29, 1.82) is 0 Å². The van der Waals surface area contributed by atoms with E-state index >= 15 is 0 Å². The molecule has 0 saturated heterocycles. The monoisotopic (exact) mass is 317 g/mol. The Hall–Kier alpha value is -1.97. The highest BCUT2D eigenvalue weighted by atomic mass is 35.5. The highest BCUT2D eigenvalue weighted by molar-refractivity contribution is 7.92. The number of aromatic nitrogens is 2. The Labute approximate surface area is 119 Å². The van der Waals surface area contributed by atoms with Crippen molar-refractivity contribution in [2.45, 2.75) is 4.90 Å². The first-order valence-electron chi connectivity index (χ1n) is 5.19. The van der Waals surface area contributed by atoms with Gasteiger partial charge in [-0.05, 0) is 18.2 Å². The van der Waals surface area contributed by atoms with Gasteiger partial charge in [0.15, 0.2) is 0 Å².